The number of fused-ring (bicyclic) bond motifs is 1. The number of rotatable bonds is 6. The van der Waals surface area contributed by atoms with Crippen LogP contribution in [-0.2, 0) is 4.79 Å². The van der Waals surface area contributed by atoms with Gasteiger partial charge in [0.15, 0.2) is 11.7 Å². The zero-order chi connectivity index (χ0) is 20.2. The molecular weight excluding hydrogens is 386 g/mol. The van der Waals surface area contributed by atoms with E-state index in [4.69, 9.17) is 10.5 Å². The molecule has 0 fully saturated rings. The molecule has 0 aliphatic heterocycles. The number of hydrogen-bond acceptors (Lipinski definition) is 5. The molecule has 144 valence electrons. The van der Waals surface area contributed by atoms with Crippen molar-refractivity contribution in [1.82, 2.24) is 4.98 Å². The number of para-hydroxylation sites is 1. The van der Waals surface area contributed by atoms with Crippen LogP contribution in [0.5, 0.6) is 5.75 Å². The first-order chi connectivity index (χ1) is 14.1. The summed E-state index contributed by atoms with van der Waals surface area (Å²) in [5.41, 5.74) is 7.21. The molecule has 1 heterocycles. The third-order valence-electron chi connectivity index (χ3n) is 4.29. The van der Waals surface area contributed by atoms with Gasteiger partial charge in [-0.1, -0.05) is 54.6 Å². The van der Waals surface area contributed by atoms with E-state index in [2.05, 4.69) is 28.5 Å². The Balaban J connectivity index is 1.57. The number of hydrogen-bond donors (Lipinski definition) is 2. The lowest BCUT2D eigenvalue weighted by molar-refractivity contribution is -0.119. The highest BCUT2D eigenvalue weighted by molar-refractivity contribution is 7.14. The third kappa shape index (κ3) is 4.09. The average Bonchev–Trinajstić information content (AvgIpc) is 3.20. The Bertz CT molecular complexity index is 1200. The summed E-state index contributed by atoms with van der Waals surface area (Å²) in [7, 11) is 0. The van der Waals surface area contributed by atoms with Gasteiger partial charge in [0.1, 0.15) is 5.75 Å². The van der Waals surface area contributed by atoms with Crippen molar-refractivity contribution in [2.45, 2.75) is 0 Å². The van der Waals surface area contributed by atoms with Gasteiger partial charge in [0.2, 0.25) is 0 Å². The molecule has 6 nitrogen and oxygen atoms in total. The van der Waals surface area contributed by atoms with Gasteiger partial charge in [-0.05, 0) is 22.9 Å². The number of nitrogens with two attached hydrogens (primary N) is 1. The predicted octanol–water partition coefficient (Wildman–Crippen LogP) is 4.08. The number of nitrogens with one attached hydrogen (secondary N) is 1. The van der Waals surface area contributed by atoms with Crippen LogP contribution in [-0.4, -0.2) is 23.4 Å². The van der Waals surface area contributed by atoms with Crippen LogP contribution in [0.25, 0.3) is 22.0 Å². The number of primary amides is 1. The average molecular weight is 403 g/mol. The molecule has 0 bridgehead atoms. The van der Waals surface area contributed by atoms with E-state index in [1.54, 1.807) is 24.3 Å². The first-order valence-corrected chi connectivity index (χ1v) is 9.75. The van der Waals surface area contributed by atoms with Crippen LogP contribution in [0.3, 0.4) is 0 Å². The van der Waals surface area contributed by atoms with Crippen LogP contribution >= 0.6 is 11.3 Å². The molecule has 4 aromatic rings. The van der Waals surface area contributed by atoms with Crippen molar-refractivity contribution in [3.05, 3.63) is 77.7 Å². The monoisotopic (exact) mass is 403 g/mol. The molecule has 0 atom stereocenters. The van der Waals surface area contributed by atoms with Crippen molar-refractivity contribution in [3.8, 4) is 17.0 Å². The van der Waals surface area contributed by atoms with Crippen LogP contribution in [0.15, 0.2) is 72.1 Å². The van der Waals surface area contributed by atoms with Crippen LogP contribution in [0, 0.1) is 0 Å². The van der Waals surface area contributed by atoms with Gasteiger partial charge in [0.25, 0.3) is 11.8 Å². The summed E-state index contributed by atoms with van der Waals surface area (Å²) in [4.78, 5) is 28.2. The number of nitrogens with zero attached hydrogens (tertiary/aromatic N) is 1. The Labute approximate surface area is 171 Å². The Hall–Kier alpha value is -3.71. The summed E-state index contributed by atoms with van der Waals surface area (Å²) in [5.74, 6) is -0.696. The number of thiazole rings is 1. The number of amides is 2. The molecular formula is C22H17N3O3S. The second kappa shape index (κ2) is 8.12. The smallest absolute Gasteiger partial charge is 0.261 e. The number of carbonyl (C=O) groups is 2. The van der Waals surface area contributed by atoms with E-state index in [9.17, 15) is 9.59 Å². The highest BCUT2D eigenvalue weighted by Crippen LogP contribution is 2.31. The maximum Gasteiger partial charge on any atom is 0.261 e. The van der Waals surface area contributed by atoms with Crippen LogP contribution < -0.4 is 15.8 Å². The SMILES string of the molecule is NC(=O)COc1ccccc1C(=O)Nc1nc(-c2cccc3ccccc23)cs1. The molecule has 3 N–H and O–H groups in total. The summed E-state index contributed by atoms with van der Waals surface area (Å²) in [5, 5.41) is 7.41. The predicted molar refractivity (Wildman–Crippen MR) is 114 cm³/mol. The van der Waals surface area contributed by atoms with Gasteiger partial charge in [0.05, 0.1) is 11.3 Å². The summed E-state index contributed by atoms with van der Waals surface area (Å²) in [6.07, 6.45) is 0. The minimum absolute atomic E-state index is 0.287. The van der Waals surface area contributed by atoms with Crippen molar-refractivity contribution in [2.24, 2.45) is 5.73 Å². The highest BCUT2D eigenvalue weighted by atomic mass is 32.1. The van der Waals surface area contributed by atoms with E-state index in [0.29, 0.717) is 10.7 Å². The van der Waals surface area contributed by atoms with Crippen molar-refractivity contribution < 1.29 is 14.3 Å². The largest absolute Gasteiger partial charge is 0.483 e. The van der Waals surface area contributed by atoms with Gasteiger partial charge in [-0.3, -0.25) is 14.9 Å². The Kier molecular flexibility index (Phi) is 5.22. The van der Waals surface area contributed by atoms with E-state index in [-0.39, 0.29) is 18.3 Å². The molecule has 0 saturated carbocycles. The molecule has 0 radical (unpaired) electrons. The molecule has 3 aromatic carbocycles. The lowest BCUT2D eigenvalue weighted by Crippen LogP contribution is -2.21. The number of anilines is 1. The van der Waals surface area contributed by atoms with Crippen molar-refractivity contribution >= 4 is 39.1 Å². The van der Waals surface area contributed by atoms with Crippen LogP contribution in [0.4, 0.5) is 5.13 Å². The van der Waals surface area contributed by atoms with Crippen molar-refractivity contribution in [2.75, 3.05) is 11.9 Å². The summed E-state index contributed by atoms with van der Waals surface area (Å²) in [6, 6.07) is 20.8. The highest BCUT2D eigenvalue weighted by Gasteiger charge is 2.15. The molecule has 7 heteroatoms. The van der Waals surface area contributed by atoms with Crippen LogP contribution in [0.1, 0.15) is 10.4 Å². The molecule has 0 aliphatic rings. The number of aromatic nitrogens is 1. The van der Waals surface area contributed by atoms with Crippen LogP contribution in [0.2, 0.25) is 0 Å². The molecule has 0 spiro atoms. The molecule has 0 saturated heterocycles. The second-order valence-corrected chi connectivity index (χ2v) is 7.13. The molecule has 0 unspecified atom stereocenters. The van der Waals surface area contributed by atoms with Crippen molar-refractivity contribution in [1.29, 1.82) is 0 Å². The second-order valence-electron chi connectivity index (χ2n) is 6.27. The maximum absolute atomic E-state index is 12.7. The summed E-state index contributed by atoms with van der Waals surface area (Å²) < 4.78 is 5.33. The zero-order valence-corrected chi connectivity index (χ0v) is 16.1. The van der Waals surface area contributed by atoms with Gasteiger partial charge in [-0.15, -0.1) is 11.3 Å². The minimum atomic E-state index is -0.611. The number of ether oxygens (including phenoxy) is 1. The molecule has 2 amide bonds. The normalized spacial score (nSPS) is 10.6. The van der Waals surface area contributed by atoms with Crippen molar-refractivity contribution in [3.63, 3.8) is 0 Å². The van der Waals surface area contributed by atoms with Gasteiger partial charge in [0, 0.05) is 10.9 Å². The van der Waals surface area contributed by atoms with E-state index in [1.165, 1.54) is 11.3 Å². The first kappa shape index (κ1) is 18.6. The van der Waals surface area contributed by atoms with Gasteiger partial charge < -0.3 is 10.5 Å². The fraction of sp³-hybridized carbons (Fsp3) is 0.0455. The zero-order valence-electron chi connectivity index (χ0n) is 15.3. The quantitative estimate of drug-likeness (QED) is 0.507. The van der Waals surface area contributed by atoms with Gasteiger partial charge >= 0.3 is 0 Å². The van der Waals surface area contributed by atoms with E-state index in [1.807, 2.05) is 29.6 Å². The fourth-order valence-corrected chi connectivity index (χ4v) is 3.70. The first-order valence-electron chi connectivity index (χ1n) is 8.87. The molecule has 4 rings (SSSR count). The Morgan fingerprint density at radius 3 is 2.62 bits per heavy atom. The topological polar surface area (TPSA) is 94.3 Å². The molecule has 1 aromatic heterocycles. The summed E-state index contributed by atoms with van der Waals surface area (Å²) >= 11 is 1.34. The standard InChI is InChI=1S/C22H17N3O3S/c23-20(26)12-28-19-11-4-3-9-17(19)21(27)25-22-24-18(13-29-22)16-10-5-7-14-6-1-2-8-15(14)16/h1-11,13H,12H2,(H2,23,26)(H,24,25,27). The van der Waals surface area contributed by atoms with Gasteiger partial charge in [-0.25, -0.2) is 4.98 Å². The Morgan fingerprint density at radius 1 is 1.00 bits per heavy atom. The number of benzene rings is 3. The minimum Gasteiger partial charge on any atom is -0.483 e. The van der Waals surface area contributed by atoms with E-state index < -0.39 is 5.91 Å². The van der Waals surface area contributed by atoms with E-state index >= 15 is 0 Å². The third-order valence-corrected chi connectivity index (χ3v) is 5.05. The lowest BCUT2D eigenvalue weighted by Gasteiger charge is -2.09. The Morgan fingerprint density at radius 2 is 1.76 bits per heavy atom. The van der Waals surface area contributed by atoms with E-state index in [0.717, 1.165) is 22.0 Å². The molecule has 29 heavy (non-hydrogen) atoms. The number of carbonyl (C=O) groups excluding carboxylic acids is 2. The lowest BCUT2D eigenvalue weighted by atomic mass is 10.0. The summed E-state index contributed by atoms with van der Waals surface area (Å²) in [6.45, 7) is -0.299. The molecule has 0 aliphatic carbocycles. The fourth-order valence-electron chi connectivity index (χ4n) is 3.00. The van der Waals surface area contributed by atoms with Gasteiger partial charge in [-0.2, -0.15) is 0 Å². The maximum atomic E-state index is 12.7.